The predicted molar refractivity (Wildman–Crippen MR) is 72.2 cm³/mol. The number of hydrogen-bond acceptors (Lipinski definition) is 5. The van der Waals surface area contributed by atoms with Crippen molar-refractivity contribution >= 4 is 5.82 Å². The Morgan fingerprint density at radius 2 is 2.21 bits per heavy atom. The third-order valence-corrected chi connectivity index (χ3v) is 3.13. The second-order valence-corrected chi connectivity index (χ2v) is 4.47. The summed E-state index contributed by atoms with van der Waals surface area (Å²) in [5.74, 6) is 1.10. The van der Waals surface area contributed by atoms with E-state index in [1.807, 2.05) is 27.7 Å². The monoisotopic (exact) mass is 262 g/mol. The summed E-state index contributed by atoms with van der Waals surface area (Å²) >= 11 is 0. The SMILES string of the molecule is CCn1ccnc(NC(C)c2c(C)noc2C)c1=O. The second-order valence-electron chi connectivity index (χ2n) is 4.47. The van der Waals surface area contributed by atoms with Crippen molar-refractivity contribution in [3.63, 3.8) is 0 Å². The lowest BCUT2D eigenvalue weighted by Gasteiger charge is -2.14. The molecule has 1 atom stereocenters. The van der Waals surface area contributed by atoms with E-state index in [0.29, 0.717) is 12.4 Å². The smallest absolute Gasteiger partial charge is 0.293 e. The highest BCUT2D eigenvalue weighted by atomic mass is 16.5. The average molecular weight is 262 g/mol. The summed E-state index contributed by atoms with van der Waals surface area (Å²) in [5, 5.41) is 7.04. The maximum atomic E-state index is 12.1. The van der Waals surface area contributed by atoms with E-state index in [2.05, 4.69) is 15.5 Å². The molecule has 2 heterocycles. The van der Waals surface area contributed by atoms with E-state index in [1.54, 1.807) is 17.0 Å². The topological polar surface area (TPSA) is 73.0 Å². The zero-order chi connectivity index (χ0) is 14.0. The van der Waals surface area contributed by atoms with E-state index in [4.69, 9.17) is 4.52 Å². The Kier molecular flexibility index (Phi) is 3.69. The molecule has 0 spiro atoms. The molecular weight excluding hydrogens is 244 g/mol. The van der Waals surface area contributed by atoms with E-state index >= 15 is 0 Å². The van der Waals surface area contributed by atoms with E-state index < -0.39 is 0 Å². The molecular formula is C13H18N4O2. The maximum absolute atomic E-state index is 12.1. The summed E-state index contributed by atoms with van der Waals surface area (Å²) in [7, 11) is 0. The van der Waals surface area contributed by atoms with Crippen LogP contribution in [0.2, 0.25) is 0 Å². The molecule has 6 heteroatoms. The minimum atomic E-state index is -0.122. The van der Waals surface area contributed by atoms with Crippen molar-refractivity contribution in [2.45, 2.75) is 40.3 Å². The number of rotatable bonds is 4. The van der Waals surface area contributed by atoms with Crippen LogP contribution in [0.1, 0.15) is 36.9 Å². The summed E-state index contributed by atoms with van der Waals surface area (Å²) in [6.07, 6.45) is 3.29. The Bertz CT molecular complexity index is 610. The molecule has 0 amide bonds. The van der Waals surface area contributed by atoms with Crippen LogP contribution < -0.4 is 10.9 Å². The van der Waals surface area contributed by atoms with Crippen LogP contribution in [-0.2, 0) is 6.54 Å². The predicted octanol–water partition coefficient (Wildman–Crippen LogP) is 2.04. The zero-order valence-electron chi connectivity index (χ0n) is 11.6. The van der Waals surface area contributed by atoms with Gasteiger partial charge in [-0.2, -0.15) is 0 Å². The van der Waals surface area contributed by atoms with Gasteiger partial charge >= 0.3 is 0 Å². The number of nitrogens with zero attached hydrogens (tertiary/aromatic N) is 3. The molecule has 0 aliphatic heterocycles. The molecule has 102 valence electrons. The Hall–Kier alpha value is -2.11. The quantitative estimate of drug-likeness (QED) is 0.912. The number of aromatic nitrogens is 3. The molecule has 0 radical (unpaired) electrons. The van der Waals surface area contributed by atoms with Gasteiger partial charge in [-0.25, -0.2) is 4.98 Å². The number of nitrogens with one attached hydrogen (secondary N) is 1. The van der Waals surface area contributed by atoms with Gasteiger partial charge in [0, 0.05) is 24.5 Å². The third kappa shape index (κ3) is 2.52. The van der Waals surface area contributed by atoms with Gasteiger partial charge in [0.05, 0.1) is 11.7 Å². The molecule has 0 aromatic carbocycles. The highest BCUT2D eigenvalue weighted by molar-refractivity contribution is 5.37. The van der Waals surface area contributed by atoms with Crippen LogP contribution in [0, 0.1) is 13.8 Å². The van der Waals surface area contributed by atoms with Crippen LogP contribution in [0.5, 0.6) is 0 Å². The van der Waals surface area contributed by atoms with Gasteiger partial charge in [-0.1, -0.05) is 5.16 Å². The highest BCUT2D eigenvalue weighted by Crippen LogP contribution is 2.23. The molecule has 2 aromatic heterocycles. The molecule has 19 heavy (non-hydrogen) atoms. The fourth-order valence-electron chi connectivity index (χ4n) is 2.18. The molecule has 0 bridgehead atoms. The summed E-state index contributed by atoms with van der Waals surface area (Å²) in [6, 6.07) is -0.0841. The first-order valence-electron chi connectivity index (χ1n) is 6.29. The van der Waals surface area contributed by atoms with Crippen LogP contribution in [-0.4, -0.2) is 14.7 Å². The van der Waals surface area contributed by atoms with Crippen molar-refractivity contribution < 1.29 is 4.52 Å². The summed E-state index contributed by atoms with van der Waals surface area (Å²) in [4.78, 5) is 16.2. The van der Waals surface area contributed by atoms with E-state index in [0.717, 1.165) is 17.0 Å². The lowest BCUT2D eigenvalue weighted by molar-refractivity contribution is 0.392. The first kappa shape index (κ1) is 13.3. The lowest BCUT2D eigenvalue weighted by Crippen LogP contribution is -2.25. The van der Waals surface area contributed by atoms with E-state index in [9.17, 15) is 4.79 Å². The van der Waals surface area contributed by atoms with Gasteiger partial charge in [0.2, 0.25) is 0 Å². The fraction of sp³-hybridized carbons (Fsp3) is 0.462. The first-order chi connectivity index (χ1) is 9.04. The molecule has 0 aliphatic carbocycles. The average Bonchev–Trinajstić information content (AvgIpc) is 2.71. The first-order valence-corrected chi connectivity index (χ1v) is 6.29. The third-order valence-electron chi connectivity index (χ3n) is 3.13. The van der Waals surface area contributed by atoms with Crippen molar-refractivity contribution in [3.05, 3.63) is 39.8 Å². The maximum Gasteiger partial charge on any atom is 0.293 e. The Labute approximate surface area is 111 Å². The van der Waals surface area contributed by atoms with Gasteiger partial charge in [-0.05, 0) is 27.7 Å². The molecule has 1 unspecified atom stereocenters. The van der Waals surface area contributed by atoms with Gasteiger partial charge in [0.25, 0.3) is 5.56 Å². The normalized spacial score (nSPS) is 12.4. The van der Waals surface area contributed by atoms with Crippen LogP contribution in [0.3, 0.4) is 0 Å². The largest absolute Gasteiger partial charge is 0.361 e. The molecule has 0 saturated carbocycles. The van der Waals surface area contributed by atoms with Gasteiger partial charge < -0.3 is 14.4 Å². The molecule has 6 nitrogen and oxygen atoms in total. The van der Waals surface area contributed by atoms with Gasteiger partial charge in [0.1, 0.15) is 5.76 Å². The number of aryl methyl sites for hydroxylation is 3. The summed E-state index contributed by atoms with van der Waals surface area (Å²) in [5.41, 5.74) is 1.67. The van der Waals surface area contributed by atoms with E-state index in [1.165, 1.54) is 0 Å². The Morgan fingerprint density at radius 3 is 2.79 bits per heavy atom. The summed E-state index contributed by atoms with van der Waals surface area (Å²) in [6.45, 7) is 8.23. The zero-order valence-corrected chi connectivity index (χ0v) is 11.6. The lowest BCUT2D eigenvalue weighted by atomic mass is 10.1. The van der Waals surface area contributed by atoms with Gasteiger partial charge in [-0.15, -0.1) is 0 Å². The van der Waals surface area contributed by atoms with Crippen molar-refractivity contribution in [3.8, 4) is 0 Å². The van der Waals surface area contributed by atoms with Crippen LogP contribution in [0.25, 0.3) is 0 Å². The van der Waals surface area contributed by atoms with Crippen molar-refractivity contribution in [2.24, 2.45) is 0 Å². The Balaban J connectivity index is 2.29. The van der Waals surface area contributed by atoms with Gasteiger partial charge in [-0.3, -0.25) is 4.79 Å². The van der Waals surface area contributed by atoms with Gasteiger partial charge in [0.15, 0.2) is 5.82 Å². The summed E-state index contributed by atoms with van der Waals surface area (Å²) < 4.78 is 6.74. The molecule has 0 aliphatic rings. The molecule has 2 rings (SSSR count). The standard InChI is InChI=1S/C13H18N4O2/c1-5-17-7-6-14-12(13(17)18)15-8(2)11-9(3)16-19-10(11)4/h6-8H,5H2,1-4H3,(H,14,15). The van der Waals surface area contributed by atoms with Crippen LogP contribution in [0.4, 0.5) is 5.82 Å². The highest BCUT2D eigenvalue weighted by Gasteiger charge is 2.17. The molecule has 1 N–H and O–H groups in total. The molecule has 0 fully saturated rings. The van der Waals surface area contributed by atoms with Crippen molar-refractivity contribution in [1.82, 2.24) is 14.7 Å². The number of hydrogen-bond donors (Lipinski definition) is 1. The number of anilines is 1. The fourth-order valence-corrected chi connectivity index (χ4v) is 2.18. The molecule has 2 aromatic rings. The van der Waals surface area contributed by atoms with Crippen LogP contribution in [0.15, 0.2) is 21.7 Å². The van der Waals surface area contributed by atoms with Crippen molar-refractivity contribution in [1.29, 1.82) is 0 Å². The minimum absolute atomic E-state index is 0.0841. The van der Waals surface area contributed by atoms with E-state index in [-0.39, 0.29) is 11.6 Å². The second kappa shape index (κ2) is 5.26. The molecule has 0 saturated heterocycles. The minimum Gasteiger partial charge on any atom is -0.361 e. The van der Waals surface area contributed by atoms with Crippen molar-refractivity contribution in [2.75, 3.05) is 5.32 Å². The van der Waals surface area contributed by atoms with Crippen LogP contribution >= 0.6 is 0 Å². The Morgan fingerprint density at radius 1 is 1.47 bits per heavy atom.